The number of fused-ring (bicyclic) bond motifs is 1. The Morgan fingerprint density at radius 1 is 1.10 bits per heavy atom. The monoisotopic (exact) mass is 439 g/mol. The molecular weight excluding hydrogens is 420 g/mol. The maximum absolute atomic E-state index is 14.1. The molecule has 0 fully saturated rings. The highest BCUT2D eigenvalue weighted by Gasteiger charge is 2.17. The van der Waals surface area contributed by atoms with E-state index in [1.165, 1.54) is 30.0 Å². The molecule has 0 radical (unpaired) electrons. The summed E-state index contributed by atoms with van der Waals surface area (Å²) >= 11 is 1.23. The number of aromatic nitrogens is 3. The SMILES string of the molecule is CCOC(=O)c1ccc2c(c1)nc(SCc1c(F)cccc1F)n2Cc1ccccn1. The third kappa shape index (κ3) is 4.59. The van der Waals surface area contributed by atoms with Crippen LogP contribution in [0.15, 0.2) is 66.0 Å². The molecule has 8 heteroatoms. The van der Waals surface area contributed by atoms with Gasteiger partial charge >= 0.3 is 5.97 Å². The molecule has 0 spiro atoms. The van der Waals surface area contributed by atoms with Gasteiger partial charge in [-0.05, 0) is 49.4 Å². The summed E-state index contributed by atoms with van der Waals surface area (Å²) in [6, 6.07) is 14.6. The summed E-state index contributed by atoms with van der Waals surface area (Å²) in [4.78, 5) is 21.1. The average Bonchev–Trinajstić information content (AvgIpc) is 3.11. The van der Waals surface area contributed by atoms with Crippen molar-refractivity contribution in [2.24, 2.45) is 0 Å². The Morgan fingerprint density at radius 2 is 1.90 bits per heavy atom. The highest BCUT2D eigenvalue weighted by Crippen LogP contribution is 2.30. The Hall–Kier alpha value is -3.26. The van der Waals surface area contributed by atoms with E-state index in [1.807, 2.05) is 22.8 Å². The lowest BCUT2D eigenvalue weighted by Gasteiger charge is -2.09. The second-order valence-electron chi connectivity index (χ2n) is 6.71. The molecule has 2 heterocycles. The first kappa shape index (κ1) is 21.0. The summed E-state index contributed by atoms with van der Waals surface area (Å²) in [5.74, 6) is -1.53. The quantitative estimate of drug-likeness (QED) is 0.292. The van der Waals surface area contributed by atoms with Crippen LogP contribution < -0.4 is 0 Å². The fraction of sp³-hybridized carbons (Fsp3) is 0.174. The number of hydrogen-bond donors (Lipinski definition) is 0. The number of halogens is 2. The number of pyridine rings is 1. The van der Waals surface area contributed by atoms with Crippen molar-refractivity contribution in [1.29, 1.82) is 0 Å². The summed E-state index contributed by atoms with van der Waals surface area (Å²) in [5.41, 5.74) is 2.59. The molecular formula is C23H19F2N3O2S. The van der Waals surface area contributed by atoms with E-state index in [-0.39, 0.29) is 17.9 Å². The van der Waals surface area contributed by atoms with Crippen molar-refractivity contribution in [3.05, 3.63) is 89.2 Å². The van der Waals surface area contributed by atoms with E-state index in [1.54, 1.807) is 31.3 Å². The van der Waals surface area contributed by atoms with Gasteiger partial charge in [0, 0.05) is 17.5 Å². The Balaban J connectivity index is 1.72. The maximum atomic E-state index is 14.1. The van der Waals surface area contributed by atoms with Crippen molar-refractivity contribution in [2.75, 3.05) is 6.61 Å². The summed E-state index contributed by atoms with van der Waals surface area (Å²) in [6.07, 6.45) is 1.70. The molecule has 4 rings (SSSR count). The van der Waals surface area contributed by atoms with Crippen LogP contribution in [0.5, 0.6) is 0 Å². The number of benzene rings is 2. The molecule has 2 aromatic heterocycles. The van der Waals surface area contributed by atoms with Gasteiger partial charge in [-0.25, -0.2) is 18.6 Å². The topological polar surface area (TPSA) is 57.0 Å². The van der Waals surface area contributed by atoms with Gasteiger partial charge in [0.25, 0.3) is 0 Å². The zero-order chi connectivity index (χ0) is 21.8. The normalized spacial score (nSPS) is 11.1. The van der Waals surface area contributed by atoms with Crippen LogP contribution in [0.25, 0.3) is 11.0 Å². The minimum atomic E-state index is -0.593. The van der Waals surface area contributed by atoms with Crippen LogP contribution >= 0.6 is 11.8 Å². The van der Waals surface area contributed by atoms with Crippen molar-refractivity contribution in [1.82, 2.24) is 14.5 Å². The van der Waals surface area contributed by atoms with Crippen molar-refractivity contribution in [3.8, 4) is 0 Å². The molecule has 0 aliphatic rings. The molecule has 5 nitrogen and oxygen atoms in total. The van der Waals surface area contributed by atoms with Crippen molar-refractivity contribution in [3.63, 3.8) is 0 Å². The third-order valence-electron chi connectivity index (χ3n) is 4.68. The molecule has 4 aromatic rings. The number of rotatable bonds is 7. The third-order valence-corrected chi connectivity index (χ3v) is 5.68. The number of carbonyl (C=O) groups excluding carboxylic acids is 1. The largest absolute Gasteiger partial charge is 0.462 e. The van der Waals surface area contributed by atoms with Gasteiger partial charge < -0.3 is 9.30 Å². The lowest BCUT2D eigenvalue weighted by molar-refractivity contribution is 0.0526. The lowest BCUT2D eigenvalue weighted by atomic mass is 10.2. The molecule has 0 atom stereocenters. The predicted octanol–water partition coefficient (Wildman–Crippen LogP) is 5.23. The zero-order valence-corrected chi connectivity index (χ0v) is 17.5. The number of thioether (sulfide) groups is 1. The molecule has 0 saturated heterocycles. The molecule has 2 aromatic carbocycles. The molecule has 158 valence electrons. The van der Waals surface area contributed by atoms with Crippen LogP contribution in [0.1, 0.15) is 28.5 Å². The predicted molar refractivity (Wildman–Crippen MR) is 115 cm³/mol. The minimum absolute atomic E-state index is 0.00356. The average molecular weight is 439 g/mol. The van der Waals surface area contributed by atoms with Crippen LogP contribution in [0.4, 0.5) is 8.78 Å². The Labute approximate surface area is 182 Å². The number of imidazole rings is 1. The number of hydrogen-bond acceptors (Lipinski definition) is 5. The number of ether oxygens (including phenoxy) is 1. The standard InChI is InChI=1S/C23H19F2N3O2S/c1-2-30-22(29)15-9-10-21-20(12-15)27-23(28(21)13-16-6-3-4-11-26-16)31-14-17-18(24)7-5-8-19(17)25/h3-12H,2,13-14H2,1H3. The molecule has 0 amide bonds. The van der Waals surface area contributed by atoms with Gasteiger partial charge in [0.2, 0.25) is 0 Å². The van der Waals surface area contributed by atoms with Crippen molar-refractivity contribution in [2.45, 2.75) is 24.4 Å². The van der Waals surface area contributed by atoms with Crippen molar-refractivity contribution < 1.29 is 18.3 Å². The van der Waals surface area contributed by atoms with E-state index in [4.69, 9.17) is 4.74 Å². The Morgan fingerprint density at radius 3 is 2.61 bits per heavy atom. The van der Waals surface area contributed by atoms with E-state index in [0.29, 0.717) is 22.8 Å². The lowest BCUT2D eigenvalue weighted by Crippen LogP contribution is -2.05. The van der Waals surface area contributed by atoms with Gasteiger partial charge in [0.15, 0.2) is 5.16 Å². The second-order valence-corrected chi connectivity index (χ2v) is 7.66. The van der Waals surface area contributed by atoms with E-state index < -0.39 is 17.6 Å². The first-order chi connectivity index (χ1) is 15.1. The van der Waals surface area contributed by atoms with E-state index in [2.05, 4.69) is 9.97 Å². The maximum Gasteiger partial charge on any atom is 0.338 e. The molecule has 0 aliphatic heterocycles. The fourth-order valence-electron chi connectivity index (χ4n) is 3.17. The summed E-state index contributed by atoms with van der Waals surface area (Å²) < 4.78 is 35.2. The number of nitrogens with zero attached hydrogens (tertiary/aromatic N) is 3. The second kappa shape index (κ2) is 9.26. The molecule has 0 aliphatic carbocycles. The van der Waals surface area contributed by atoms with E-state index >= 15 is 0 Å². The highest BCUT2D eigenvalue weighted by molar-refractivity contribution is 7.98. The number of esters is 1. The van der Waals surface area contributed by atoms with E-state index in [0.717, 1.165) is 11.2 Å². The first-order valence-corrected chi connectivity index (χ1v) is 10.7. The van der Waals surface area contributed by atoms with E-state index in [9.17, 15) is 13.6 Å². The van der Waals surface area contributed by atoms with Crippen molar-refractivity contribution >= 4 is 28.8 Å². The minimum Gasteiger partial charge on any atom is -0.462 e. The Bertz CT molecular complexity index is 1210. The van der Waals surface area contributed by atoms with Gasteiger partial charge in [-0.3, -0.25) is 4.98 Å². The number of carbonyl (C=O) groups is 1. The van der Waals surface area contributed by atoms with Gasteiger partial charge in [0.05, 0.1) is 35.4 Å². The van der Waals surface area contributed by atoms with Gasteiger partial charge in [-0.15, -0.1) is 0 Å². The summed E-state index contributed by atoms with van der Waals surface area (Å²) in [5, 5.41) is 0.573. The van der Waals surface area contributed by atoms with Crippen LogP contribution in [0.3, 0.4) is 0 Å². The molecule has 0 unspecified atom stereocenters. The molecule has 31 heavy (non-hydrogen) atoms. The van der Waals surface area contributed by atoms with Gasteiger partial charge in [-0.2, -0.15) is 0 Å². The summed E-state index contributed by atoms with van der Waals surface area (Å²) in [6.45, 7) is 2.45. The molecule has 0 saturated carbocycles. The first-order valence-electron chi connectivity index (χ1n) is 9.70. The van der Waals surface area contributed by atoms with Crippen LogP contribution in [-0.4, -0.2) is 27.1 Å². The van der Waals surface area contributed by atoms with Gasteiger partial charge in [0.1, 0.15) is 11.6 Å². The Kier molecular flexibility index (Phi) is 6.27. The molecule has 0 N–H and O–H groups in total. The van der Waals surface area contributed by atoms with Gasteiger partial charge in [-0.1, -0.05) is 23.9 Å². The van der Waals surface area contributed by atoms with Crippen LogP contribution in [0.2, 0.25) is 0 Å². The summed E-state index contributed by atoms with van der Waals surface area (Å²) in [7, 11) is 0. The smallest absolute Gasteiger partial charge is 0.338 e. The van der Waals surface area contributed by atoms with Crippen LogP contribution in [-0.2, 0) is 17.0 Å². The zero-order valence-electron chi connectivity index (χ0n) is 16.7. The highest BCUT2D eigenvalue weighted by atomic mass is 32.2. The fourth-order valence-corrected chi connectivity index (χ4v) is 4.20. The molecule has 0 bridgehead atoms. The van der Waals surface area contributed by atoms with Crippen LogP contribution in [0, 0.1) is 11.6 Å².